The van der Waals surface area contributed by atoms with Crippen molar-refractivity contribution < 1.29 is 14.7 Å². The lowest BCUT2D eigenvalue weighted by molar-refractivity contribution is -0.117. The Bertz CT molecular complexity index is 450. The standard InChI is InChI=1S/C12H13ClO3/c1-6(2)10(14)12(16)8-5-4-7(3)11(15)9(8)13/h4-6,15H,1-3H3. The van der Waals surface area contributed by atoms with Crippen molar-refractivity contribution >= 4 is 23.2 Å². The molecule has 0 radical (unpaired) electrons. The van der Waals surface area contributed by atoms with E-state index < -0.39 is 11.6 Å². The van der Waals surface area contributed by atoms with Gasteiger partial charge in [0.05, 0.1) is 5.02 Å². The molecular formula is C12H13ClO3. The molecule has 0 aromatic heterocycles. The summed E-state index contributed by atoms with van der Waals surface area (Å²) in [5.74, 6) is -1.70. The van der Waals surface area contributed by atoms with Crippen molar-refractivity contribution in [2.45, 2.75) is 20.8 Å². The SMILES string of the molecule is Cc1ccc(C(=O)C(=O)C(C)C)c(Cl)c1O. The highest BCUT2D eigenvalue weighted by Gasteiger charge is 2.23. The van der Waals surface area contributed by atoms with Crippen LogP contribution in [0.3, 0.4) is 0 Å². The van der Waals surface area contributed by atoms with E-state index in [1.807, 2.05) is 0 Å². The lowest BCUT2D eigenvalue weighted by Crippen LogP contribution is -2.20. The van der Waals surface area contributed by atoms with E-state index in [0.29, 0.717) is 5.56 Å². The van der Waals surface area contributed by atoms with Crippen molar-refractivity contribution in [2.75, 3.05) is 0 Å². The van der Waals surface area contributed by atoms with Crippen LogP contribution in [0.1, 0.15) is 29.8 Å². The van der Waals surface area contributed by atoms with Gasteiger partial charge in [-0.25, -0.2) is 0 Å². The highest BCUT2D eigenvalue weighted by molar-refractivity contribution is 6.48. The molecule has 0 unspecified atom stereocenters. The molecule has 0 atom stereocenters. The monoisotopic (exact) mass is 240 g/mol. The normalized spacial score (nSPS) is 10.6. The Hall–Kier alpha value is -1.35. The quantitative estimate of drug-likeness (QED) is 0.653. The van der Waals surface area contributed by atoms with Crippen molar-refractivity contribution in [1.29, 1.82) is 0 Å². The van der Waals surface area contributed by atoms with E-state index in [1.54, 1.807) is 26.8 Å². The number of phenols is 1. The summed E-state index contributed by atoms with van der Waals surface area (Å²) in [6.07, 6.45) is 0. The predicted octanol–water partition coefficient (Wildman–Crippen LogP) is 2.76. The number of halogens is 1. The molecule has 1 N–H and O–H groups in total. The summed E-state index contributed by atoms with van der Waals surface area (Å²) < 4.78 is 0. The van der Waals surface area contributed by atoms with E-state index in [1.165, 1.54) is 6.07 Å². The van der Waals surface area contributed by atoms with Crippen molar-refractivity contribution in [3.63, 3.8) is 0 Å². The van der Waals surface area contributed by atoms with Gasteiger partial charge < -0.3 is 5.11 Å². The van der Waals surface area contributed by atoms with Gasteiger partial charge in [-0.2, -0.15) is 0 Å². The van der Waals surface area contributed by atoms with Crippen LogP contribution in [0.4, 0.5) is 0 Å². The van der Waals surface area contributed by atoms with Gasteiger partial charge in [-0.3, -0.25) is 9.59 Å². The van der Waals surface area contributed by atoms with Crippen molar-refractivity contribution in [3.8, 4) is 5.75 Å². The van der Waals surface area contributed by atoms with Crippen LogP contribution in [-0.4, -0.2) is 16.7 Å². The summed E-state index contributed by atoms with van der Waals surface area (Å²) in [6.45, 7) is 4.95. The first-order chi connectivity index (χ1) is 7.36. The highest BCUT2D eigenvalue weighted by atomic mass is 35.5. The smallest absolute Gasteiger partial charge is 0.230 e. The van der Waals surface area contributed by atoms with E-state index in [9.17, 15) is 14.7 Å². The largest absolute Gasteiger partial charge is 0.506 e. The Kier molecular flexibility index (Phi) is 3.70. The Morgan fingerprint density at radius 2 is 1.88 bits per heavy atom. The van der Waals surface area contributed by atoms with Crippen LogP contribution < -0.4 is 0 Å². The molecule has 0 aliphatic rings. The summed E-state index contributed by atoms with van der Waals surface area (Å²) in [4.78, 5) is 23.2. The van der Waals surface area contributed by atoms with Crippen LogP contribution in [0.2, 0.25) is 5.02 Å². The Labute approximate surface area is 99.0 Å². The third-order valence-electron chi connectivity index (χ3n) is 2.31. The number of hydrogen-bond donors (Lipinski definition) is 1. The molecule has 0 aliphatic heterocycles. The second-order valence-corrected chi connectivity index (χ2v) is 4.32. The summed E-state index contributed by atoms with van der Waals surface area (Å²) >= 11 is 5.82. The zero-order valence-corrected chi connectivity index (χ0v) is 10.1. The van der Waals surface area contributed by atoms with Gasteiger partial charge in [-0.1, -0.05) is 31.5 Å². The molecule has 0 saturated carbocycles. The summed E-state index contributed by atoms with van der Waals surface area (Å²) in [5, 5.41) is 9.50. The minimum absolute atomic E-state index is 0.0565. The molecule has 4 heteroatoms. The highest BCUT2D eigenvalue weighted by Crippen LogP contribution is 2.31. The Morgan fingerprint density at radius 3 is 2.38 bits per heavy atom. The number of aromatic hydroxyl groups is 1. The first kappa shape index (κ1) is 12.7. The van der Waals surface area contributed by atoms with Crippen molar-refractivity contribution in [1.82, 2.24) is 0 Å². The van der Waals surface area contributed by atoms with Crippen molar-refractivity contribution in [2.24, 2.45) is 5.92 Å². The second-order valence-electron chi connectivity index (χ2n) is 3.94. The number of benzene rings is 1. The number of rotatable bonds is 3. The summed E-state index contributed by atoms with van der Waals surface area (Å²) in [5.41, 5.74) is 0.627. The number of carbonyl (C=O) groups is 2. The van der Waals surface area contributed by atoms with Gasteiger partial charge in [0.2, 0.25) is 11.6 Å². The lowest BCUT2D eigenvalue weighted by atomic mass is 9.98. The maximum Gasteiger partial charge on any atom is 0.230 e. The Morgan fingerprint density at radius 1 is 1.31 bits per heavy atom. The van der Waals surface area contributed by atoms with Crippen LogP contribution in [-0.2, 0) is 4.79 Å². The van der Waals surface area contributed by atoms with Gasteiger partial charge in [-0.05, 0) is 18.6 Å². The minimum atomic E-state index is -0.657. The van der Waals surface area contributed by atoms with Crippen molar-refractivity contribution in [3.05, 3.63) is 28.3 Å². The molecular weight excluding hydrogens is 228 g/mol. The van der Waals surface area contributed by atoms with Crippen LogP contribution in [0.5, 0.6) is 5.75 Å². The van der Waals surface area contributed by atoms with E-state index >= 15 is 0 Å². The maximum absolute atomic E-state index is 11.7. The fraction of sp³-hybridized carbons (Fsp3) is 0.333. The van der Waals surface area contributed by atoms with Crippen LogP contribution >= 0.6 is 11.6 Å². The summed E-state index contributed by atoms with van der Waals surface area (Å²) in [6, 6.07) is 3.02. The zero-order chi connectivity index (χ0) is 12.5. The molecule has 86 valence electrons. The van der Waals surface area contributed by atoms with Gasteiger partial charge in [0.15, 0.2) is 0 Å². The molecule has 0 heterocycles. The number of phenolic OH excluding ortho intramolecular Hbond substituents is 1. The first-order valence-electron chi connectivity index (χ1n) is 4.92. The van der Waals surface area contributed by atoms with Gasteiger partial charge in [0, 0.05) is 11.5 Å². The van der Waals surface area contributed by atoms with E-state index in [-0.39, 0.29) is 22.3 Å². The second kappa shape index (κ2) is 4.66. The van der Waals surface area contributed by atoms with Crippen LogP contribution in [0.25, 0.3) is 0 Å². The average molecular weight is 241 g/mol. The summed E-state index contributed by atoms with van der Waals surface area (Å²) in [7, 11) is 0. The molecule has 0 saturated heterocycles. The third kappa shape index (κ3) is 2.25. The van der Waals surface area contributed by atoms with Gasteiger partial charge in [-0.15, -0.1) is 0 Å². The lowest BCUT2D eigenvalue weighted by Gasteiger charge is -2.08. The molecule has 0 bridgehead atoms. The van der Waals surface area contributed by atoms with Gasteiger partial charge >= 0.3 is 0 Å². The molecule has 0 spiro atoms. The molecule has 1 aromatic rings. The number of hydrogen-bond acceptors (Lipinski definition) is 3. The number of carbonyl (C=O) groups excluding carboxylic acids is 2. The third-order valence-corrected chi connectivity index (χ3v) is 2.69. The topological polar surface area (TPSA) is 54.4 Å². The molecule has 0 aliphatic carbocycles. The molecule has 3 nitrogen and oxygen atoms in total. The minimum Gasteiger partial charge on any atom is -0.506 e. The van der Waals surface area contributed by atoms with Gasteiger partial charge in [0.1, 0.15) is 5.75 Å². The zero-order valence-electron chi connectivity index (χ0n) is 9.37. The first-order valence-corrected chi connectivity index (χ1v) is 5.30. The average Bonchev–Trinajstić information content (AvgIpc) is 2.24. The number of aryl methyl sites for hydroxylation is 1. The predicted molar refractivity (Wildman–Crippen MR) is 62.0 cm³/mol. The Balaban J connectivity index is 3.21. The molecule has 0 amide bonds. The molecule has 16 heavy (non-hydrogen) atoms. The van der Waals surface area contributed by atoms with Crippen LogP contribution in [0, 0.1) is 12.8 Å². The van der Waals surface area contributed by atoms with E-state index in [0.717, 1.165) is 0 Å². The number of Topliss-reactive ketones (excluding diaryl/α,β-unsaturated/α-hetero) is 2. The fourth-order valence-corrected chi connectivity index (χ4v) is 1.53. The molecule has 1 aromatic carbocycles. The van der Waals surface area contributed by atoms with E-state index in [4.69, 9.17) is 11.6 Å². The molecule has 1 rings (SSSR count). The molecule has 0 fully saturated rings. The van der Waals surface area contributed by atoms with E-state index in [2.05, 4.69) is 0 Å². The number of ketones is 2. The van der Waals surface area contributed by atoms with Crippen LogP contribution in [0.15, 0.2) is 12.1 Å². The van der Waals surface area contributed by atoms with Gasteiger partial charge in [0.25, 0.3) is 0 Å². The fourth-order valence-electron chi connectivity index (χ4n) is 1.23. The maximum atomic E-state index is 11.7.